The summed E-state index contributed by atoms with van der Waals surface area (Å²) >= 11 is 0. The number of fused-ring (bicyclic) bond motifs is 1. The molecule has 2 aliphatic rings. The van der Waals surface area contributed by atoms with E-state index in [2.05, 4.69) is 19.7 Å². The Bertz CT molecular complexity index is 690. The third kappa shape index (κ3) is 4.37. The number of hydrogen-bond donors (Lipinski definition) is 4. The van der Waals surface area contributed by atoms with Crippen LogP contribution in [0.1, 0.15) is 19.3 Å². The highest BCUT2D eigenvalue weighted by molar-refractivity contribution is 5.89. The second-order valence-corrected chi connectivity index (χ2v) is 7.09. The van der Waals surface area contributed by atoms with Crippen molar-refractivity contribution in [2.24, 2.45) is 17.8 Å². The lowest BCUT2D eigenvalue weighted by atomic mass is 9.62. The van der Waals surface area contributed by atoms with Gasteiger partial charge < -0.3 is 25.2 Å². The van der Waals surface area contributed by atoms with E-state index in [1.54, 1.807) is 0 Å². The summed E-state index contributed by atoms with van der Waals surface area (Å²) in [5.74, 6) is -3.07. The van der Waals surface area contributed by atoms with E-state index in [9.17, 15) is 24.9 Å². The van der Waals surface area contributed by atoms with Gasteiger partial charge in [-0.25, -0.2) is 9.59 Å². The lowest BCUT2D eigenvalue weighted by Gasteiger charge is -2.45. The van der Waals surface area contributed by atoms with Crippen molar-refractivity contribution in [1.29, 1.82) is 0 Å². The number of allylic oxidation sites excluding steroid dienone is 1. The van der Waals surface area contributed by atoms with Crippen LogP contribution >= 0.6 is 0 Å². The van der Waals surface area contributed by atoms with Gasteiger partial charge in [0.1, 0.15) is 12.2 Å². The zero-order valence-corrected chi connectivity index (χ0v) is 15.1. The molecule has 2 rings (SSSR count). The van der Waals surface area contributed by atoms with E-state index in [4.69, 9.17) is 9.84 Å². The first-order valence-corrected chi connectivity index (χ1v) is 8.80. The topological polar surface area (TPSA) is 124 Å². The summed E-state index contributed by atoms with van der Waals surface area (Å²) in [5, 5.41) is 37.5. The van der Waals surface area contributed by atoms with Crippen molar-refractivity contribution >= 4 is 11.9 Å². The summed E-state index contributed by atoms with van der Waals surface area (Å²) in [4.78, 5) is 23.9. The molecule has 0 aromatic carbocycles. The SMILES string of the molecule is C=C(C(=O)O)[C@@H]1[C@H]2C=C(CO)CC[C@@H]2C(=C)C[C@@H]1OC(=O)C(=C)[C@H](O)CO. The molecule has 0 spiro atoms. The minimum Gasteiger partial charge on any atom is -0.478 e. The number of aliphatic hydroxyl groups is 3. The third-order valence-electron chi connectivity index (χ3n) is 5.45. The normalized spacial score (nSPS) is 28.6. The maximum Gasteiger partial charge on any atom is 0.336 e. The zero-order chi connectivity index (χ0) is 20.3. The van der Waals surface area contributed by atoms with E-state index >= 15 is 0 Å². The molecule has 7 heteroatoms. The van der Waals surface area contributed by atoms with Crippen molar-refractivity contribution in [3.05, 3.63) is 48.1 Å². The van der Waals surface area contributed by atoms with Gasteiger partial charge in [-0.3, -0.25) is 0 Å². The highest BCUT2D eigenvalue weighted by Gasteiger charge is 2.46. The van der Waals surface area contributed by atoms with Crippen LogP contribution in [0, 0.1) is 17.8 Å². The summed E-state index contributed by atoms with van der Waals surface area (Å²) in [7, 11) is 0. The molecule has 1 fully saturated rings. The van der Waals surface area contributed by atoms with E-state index in [0.717, 1.165) is 17.6 Å². The Morgan fingerprint density at radius 3 is 2.52 bits per heavy atom. The number of carboxylic acid groups (broad SMARTS) is 1. The molecule has 2 aliphatic carbocycles. The van der Waals surface area contributed by atoms with Gasteiger partial charge in [0.2, 0.25) is 0 Å². The number of ether oxygens (including phenoxy) is 1. The molecule has 0 aromatic heterocycles. The number of carboxylic acids is 1. The Balaban J connectivity index is 2.35. The first kappa shape index (κ1) is 21.1. The van der Waals surface area contributed by atoms with Crippen molar-refractivity contribution in [2.45, 2.75) is 31.5 Å². The lowest BCUT2D eigenvalue weighted by molar-refractivity contribution is -0.151. The molecule has 1 saturated carbocycles. The number of rotatable bonds is 7. The number of hydrogen-bond acceptors (Lipinski definition) is 6. The number of esters is 1. The number of aliphatic hydroxyl groups excluding tert-OH is 3. The van der Waals surface area contributed by atoms with Crippen molar-refractivity contribution in [2.75, 3.05) is 13.2 Å². The Morgan fingerprint density at radius 1 is 1.30 bits per heavy atom. The molecule has 0 amide bonds. The molecule has 0 aromatic rings. The van der Waals surface area contributed by atoms with Gasteiger partial charge in [-0.2, -0.15) is 0 Å². The van der Waals surface area contributed by atoms with Crippen molar-refractivity contribution in [3.8, 4) is 0 Å². The summed E-state index contributed by atoms with van der Waals surface area (Å²) < 4.78 is 5.46. The predicted molar refractivity (Wildman–Crippen MR) is 97.5 cm³/mol. The second-order valence-electron chi connectivity index (χ2n) is 7.09. The quantitative estimate of drug-likeness (QED) is 0.296. The zero-order valence-electron chi connectivity index (χ0n) is 15.1. The van der Waals surface area contributed by atoms with Crippen LogP contribution < -0.4 is 0 Å². The number of aliphatic carboxylic acids is 1. The summed E-state index contributed by atoms with van der Waals surface area (Å²) in [6.07, 6.45) is 1.26. The highest BCUT2D eigenvalue weighted by Crippen LogP contribution is 2.48. The van der Waals surface area contributed by atoms with E-state index in [1.807, 2.05) is 6.08 Å². The first-order chi connectivity index (χ1) is 12.7. The fraction of sp³-hybridized carbons (Fsp3) is 0.500. The molecule has 148 valence electrons. The highest BCUT2D eigenvalue weighted by atomic mass is 16.5. The van der Waals surface area contributed by atoms with Gasteiger partial charge in [0.05, 0.1) is 18.8 Å². The minimum absolute atomic E-state index is 0.0163. The van der Waals surface area contributed by atoms with Crippen LogP contribution in [0.2, 0.25) is 0 Å². The van der Waals surface area contributed by atoms with Gasteiger partial charge in [-0.15, -0.1) is 0 Å². The van der Waals surface area contributed by atoms with Crippen molar-refractivity contribution < 1.29 is 34.8 Å². The molecule has 5 atom stereocenters. The van der Waals surface area contributed by atoms with Crippen LogP contribution in [-0.4, -0.2) is 57.8 Å². The van der Waals surface area contributed by atoms with Crippen LogP contribution in [0.15, 0.2) is 48.1 Å². The maximum absolute atomic E-state index is 12.3. The van der Waals surface area contributed by atoms with E-state index in [-0.39, 0.29) is 36.0 Å². The largest absolute Gasteiger partial charge is 0.478 e. The Hall–Kier alpha value is -2.22. The summed E-state index contributed by atoms with van der Waals surface area (Å²) in [6, 6.07) is 0. The Kier molecular flexibility index (Phi) is 6.75. The van der Waals surface area contributed by atoms with Gasteiger partial charge in [-0.1, -0.05) is 31.4 Å². The summed E-state index contributed by atoms with van der Waals surface area (Å²) in [6.45, 7) is 10.4. The van der Waals surface area contributed by atoms with Gasteiger partial charge in [0.15, 0.2) is 0 Å². The lowest BCUT2D eigenvalue weighted by Crippen LogP contribution is -2.44. The summed E-state index contributed by atoms with van der Waals surface area (Å²) in [5.41, 5.74) is 1.26. The molecular formula is C20H26O7. The molecule has 0 saturated heterocycles. The Morgan fingerprint density at radius 2 is 1.96 bits per heavy atom. The molecule has 4 N–H and O–H groups in total. The average molecular weight is 378 g/mol. The van der Waals surface area contributed by atoms with E-state index < -0.39 is 36.7 Å². The van der Waals surface area contributed by atoms with Crippen LogP contribution in [0.5, 0.6) is 0 Å². The molecule has 0 bridgehead atoms. The molecule has 27 heavy (non-hydrogen) atoms. The smallest absolute Gasteiger partial charge is 0.336 e. The number of carbonyl (C=O) groups excluding carboxylic acids is 1. The molecule has 0 radical (unpaired) electrons. The molecule has 0 unspecified atom stereocenters. The standard InChI is InChI=1S/C20H26O7/c1-10-6-17(27-20(26)11(2)16(23)9-22)18(12(3)19(24)25)15-7-13(8-21)4-5-14(10)15/h7,14-18,21-23H,1-6,8-9H2,(H,24,25)/t14-,15+,16-,17+,18-/m1/s1. The maximum atomic E-state index is 12.3. The van der Waals surface area contributed by atoms with E-state index in [0.29, 0.717) is 6.42 Å². The Labute approximate surface area is 158 Å². The molecule has 7 nitrogen and oxygen atoms in total. The fourth-order valence-electron chi connectivity index (χ4n) is 3.93. The van der Waals surface area contributed by atoms with Crippen LogP contribution in [0.3, 0.4) is 0 Å². The monoisotopic (exact) mass is 378 g/mol. The van der Waals surface area contributed by atoms with Crippen LogP contribution in [0.4, 0.5) is 0 Å². The third-order valence-corrected chi connectivity index (χ3v) is 5.45. The van der Waals surface area contributed by atoms with Crippen molar-refractivity contribution in [1.82, 2.24) is 0 Å². The molecule has 0 aliphatic heterocycles. The fourth-order valence-corrected chi connectivity index (χ4v) is 3.93. The van der Waals surface area contributed by atoms with Gasteiger partial charge in [0, 0.05) is 17.9 Å². The minimum atomic E-state index is -1.45. The first-order valence-electron chi connectivity index (χ1n) is 8.80. The average Bonchev–Trinajstić information content (AvgIpc) is 2.65. The molecular weight excluding hydrogens is 352 g/mol. The van der Waals surface area contributed by atoms with Crippen LogP contribution in [0.25, 0.3) is 0 Å². The van der Waals surface area contributed by atoms with Crippen molar-refractivity contribution in [3.63, 3.8) is 0 Å². The van der Waals surface area contributed by atoms with Gasteiger partial charge in [-0.05, 0) is 30.3 Å². The van der Waals surface area contributed by atoms with Gasteiger partial charge in [0.25, 0.3) is 0 Å². The van der Waals surface area contributed by atoms with Crippen LogP contribution in [-0.2, 0) is 14.3 Å². The molecule has 0 heterocycles. The predicted octanol–water partition coefficient (Wildman–Crippen LogP) is 0.969. The van der Waals surface area contributed by atoms with E-state index in [1.165, 1.54) is 0 Å². The number of carbonyl (C=O) groups is 2. The van der Waals surface area contributed by atoms with Gasteiger partial charge >= 0.3 is 11.9 Å². The second kappa shape index (κ2) is 8.65.